The van der Waals surface area contributed by atoms with Gasteiger partial charge in [0.25, 0.3) is 0 Å². The Balaban J connectivity index is 1.64. The van der Waals surface area contributed by atoms with Gasteiger partial charge in [0, 0.05) is 17.0 Å². The van der Waals surface area contributed by atoms with Crippen molar-refractivity contribution >= 4 is 37.7 Å². The summed E-state index contributed by atoms with van der Waals surface area (Å²) in [6.45, 7) is 2.03. The Kier molecular flexibility index (Phi) is 4.80. The van der Waals surface area contributed by atoms with E-state index in [1.54, 1.807) is 29.5 Å². The largest absolute Gasteiger partial charge is 0.504 e. The smallest absolute Gasteiger partial charge is 0.204 e. The van der Waals surface area contributed by atoms with Gasteiger partial charge in [-0.3, -0.25) is 5.43 Å². The van der Waals surface area contributed by atoms with E-state index in [0.717, 1.165) is 37.2 Å². The molecule has 0 amide bonds. The van der Waals surface area contributed by atoms with Crippen molar-refractivity contribution in [3.8, 4) is 22.8 Å². The minimum atomic E-state index is 0.0741. The van der Waals surface area contributed by atoms with Crippen molar-refractivity contribution in [3.05, 3.63) is 77.7 Å². The van der Waals surface area contributed by atoms with Crippen molar-refractivity contribution in [2.45, 2.75) is 6.92 Å². The number of hydrogen-bond donors (Lipinski definition) is 2. The van der Waals surface area contributed by atoms with Gasteiger partial charge in [-0.1, -0.05) is 35.1 Å². The lowest BCUT2D eigenvalue weighted by molar-refractivity contribution is 0.373. The van der Waals surface area contributed by atoms with Crippen molar-refractivity contribution in [1.82, 2.24) is 4.98 Å². The lowest BCUT2D eigenvalue weighted by Gasteiger charge is -2.08. The summed E-state index contributed by atoms with van der Waals surface area (Å²) in [7, 11) is 1.52. The Labute approximate surface area is 182 Å². The first-order valence-corrected chi connectivity index (χ1v) is 10.5. The van der Waals surface area contributed by atoms with Crippen LogP contribution in [-0.4, -0.2) is 17.2 Å². The predicted molar refractivity (Wildman–Crippen MR) is 123 cm³/mol. The molecule has 2 heterocycles. The van der Waals surface area contributed by atoms with Crippen molar-refractivity contribution in [2.24, 2.45) is 5.10 Å². The van der Waals surface area contributed by atoms with Gasteiger partial charge in [0.15, 0.2) is 11.5 Å². The monoisotopic (exact) mass is 429 g/mol. The minimum Gasteiger partial charge on any atom is -0.504 e. The van der Waals surface area contributed by atoms with E-state index >= 15 is 0 Å². The zero-order valence-corrected chi connectivity index (χ0v) is 17.7. The molecule has 3 aromatic carbocycles. The molecule has 0 bridgehead atoms. The van der Waals surface area contributed by atoms with Gasteiger partial charge >= 0.3 is 0 Å². The van der Waals surface area contributed by atoms with E-state index in [1.807, 2.05) is 55.5 Å². The Bertz CT molecular complexity index is 1450. The first kappa shape index (κ1) is 19.1. The number of hydrogen-bond acceptors (Lipinski definition) is 7. The normalized spacial score (nSPS) is 11.9. The van der Waals surface area contributed by atoms with Crippen LogP contribution in [0.4, 0.5) is 5.13 Å². The highest BCUT2D eigenvalue weighted by Crippen LogP contribution is 2.32. The lowest BCUT2D eigenvalue weighted by atomic mass is 10.1. The van der Waals surface area contributed by atoms with Gasteiger partial charge in [-0.2, -0.15) is 5.10 Å². The van der Waals surface area contributed by atoms with Gasteiger partial charge in [-0.05, 0) is 49.4 Å². The van der Waals surface area contributed by atoms with E-state index in [9.17, 15) is 5.11 Å². The van der Waals surface area contributed by atoms with Gasteiger partial charge in [0.2, 0.25) is 5.13 Å². The van der Waals surface area contributed by atoms with Crippen LogP contribution in [0.25, 0.3) is 32.5 Å². The molecule has 0 aliphatic carbocycles. The highest BCUT2D eigenvalue weighted by Gasteiger charge is 2.10. The number of phenolic OH excluding ortho intramolecular Hbond substituents is 1. The van der Waals surface area contributed by atoms with Crippen molar-refractivity contribution in [3.63, 3.8) is 0 Å². The minimum absolute atomic E-state index is 0.0741. The third-order valence-electron chi connectivity index (χ3n) is 4.93. The van der Waals surface area contributed by atoms with Gasteiger partial charge < -0.3 is 14.3 Å². The molecule has 0 fully saturated rings. The van der Waals surface area contributed by atoms with E-state index in [2.05, 4.69) is 15.5 Å². The summed E-state index contributed by atoms with van der Waals surface area (Å²) >= 11 is 1.55. The van der Waals surface area contributed by atoms with Crippen LogP contribution in [0.2, 0.25) is 0 Å². The first-order valence-electron chi connectivity index (χ1n) is 9.68. The molecule has 31 heavy (non-hydrogen) atoms. The molecule has 6 nitrogen and oxygen atoms in total. The number of phenols is 1. The van der Waals surface area contributed by atoms with E-state index in [0.29, 0.717) is 17.1 Å². The summed E-state index contributed by atoms with van der Waals surface area (Å²) in [5.74, 6) is 1.06. The molecule has 2 aromatic heterocycles. The summed E-state index contributed by atoms with van der Waals surface area (Å²) in [5, 5.41) is 16.9. The van der Waals surface area contributed by atoms with Crippen LogP contribution in [0, 0.1) is 6.92 Å². The second-order valence-corrected chi connectivity index (χ2v) is 8.12. The zero-order valence-electron chi connectivity index (χ0n) is 16.9. The second-order valence-electron chi connectivity index (χ2n) is 7.09. The van der Waals surface area contributed by atoms with Crippen LogP contribution in [0.1, 0.15) is 5.56 Å². The van der Waals surface area contributed by atoms with Crippen molar-refractivity contribution in [1.29, 1.82) is 0 Å². The van der Waals surface area contributed by atoms with E-state index in [4.69, 9.17) is 9.15 Å². The van der Waals surface area contributed by atoms with Crippen LogP contribution < -0.4 is 15.5 Å². The number of thiazole rings is 1. The molecule has 0 saturated heterocycles. The number of fused-ring (bicyclic) bond motifs is 2. The molecular formula is C24H19N3O3S. The molecule has 5 aromatic rings. The standard InChI is InChI=1S/C24H19N3O3S/c1-14-7-10-20-16(11-14)18(26-27-24-25-17-5-3-4-6-23(17)31-24)13-21(30-20)15-8-9-19(28)22(12-15)29-2/h3-13,28H,1-2H3,(H,25,27). The fourth-order valence-corrected chi connectivity index (χ4v) is 4.19. The zero-order chi connectivity index (χ0) is 21.4. The Morgan fingerprint density at radius 3 is 2.77 bits per heavy atom. The number of nitrogens with one attached hydrogen (secondary N) is 1. The Morgan fingerprint density at radius 1 is 1.06 bits per heavy atom. The molecule has 0 saturated carbocycles. The number of anilines is 1. The number of ether oxygens (including phenoxy) is 1. The summed E-state index contributed by atoms with van der Waals surface area (Å²) in [6, 6.07) is 20.9. The van der Waals surface area contributed by atoms with E-state index in [-0.39, 0.29) is 5.75 Å². The van der Waals surface area contributed by atoms with Gasteiger partial charge in [0.05, 0.1) is 22.7 Å². The molecule has 154 valence electrons. The topological polar surface area (TPSA) is 79.9 Å². The van der Waals surface area contributed by atoms with Crippen LogP contribution in [0.3, 0.4) is 0 Å². The van der Waals surface area contributed by atoms with Gasteiger partial charge in [-0.25, -0.2) is 4.98 Å². The van der Waals surface area contributed by atoms with Crippen LogP contribution in [0.15, 0.2) is 76.2 Å². The number of rotatable bonds is 4. The third kappa shape index (κ3) is 3.71. The van der Waals surface area contributed by atoms with Crippen LogP contribution >= 0.6 is 11.3 Å². The fourth-order valence-electron chi connectivity index (χ4n) is 3.38. The SMILES string of the molecule is COc1cc(-c2cc(=NNc3nc4ccccc4s3)c3cc(C)ccc3o2)ccc1O. The average Bonchev–Trinajstić information content (AvgIpc) is 3.21. The number of aryl methyl sites for hydroxylation is 1. The maximum Gasteiger partial charge on any atom is 0.204 e. The predicted octanol–water partition coefficient (Wildman–Crippen LogP) is 5.66. The van der Waals surface area contributed by atoms with Crippen LogP contribution in [0.5, 0.6) is 11.5 Å². The maximum absolute atomic E-state index is 9.92. The Morgan fingerprint density at radius 2 is 1.94 bits per heavy atom. The second kappa shape index (κ2) is 7.77. The highest BCUT2D eigenvalue weighted by atomic mass is 32.1. The molecule has 5 rings (SSSR count). The fraction of sp³-hybridized carbons (Fsp3) is 0.0833. The summed E-state index contributed by atoms with van der Waals surface area (Å²) < 4.78 is 12.5. The number of aromatic nitrogens is 1. The molecular weight excluding hydrogens is 410 g/mol. The average molecular weight is 430 g/mol. The maximum atomic E-state index is 9.92. The number of aromatic hydroxyl groups is 1. The number of methoxy groups -OCH3 is 1. The quantitative estimate of drug-likeness (QED) is 0.360. The summed E-state index contributed by atoms with van der Waals surface area (Å²) in [4.78, 5) is 4.58. The third-order valence-corrected chi connectivity index (χ3v) is 5.87. The number of benzene rings is 3. The molecule has 0 atom stereocenters. The van der Waals surface area contributed by atoms with Gasteiger partial charge in [-0.15, -0.1) is 0 Å². The van der Waals surface area contributed by atoms with E-state index in [1.165, 1.54) is 7.11 Å². The molecule has 0 radical (unpaired) electrons. The summed E-state index contributed by atoms with van der Waals surface area (Å²) in [5.41, 5.74) is 6.62. The molecule has 0 unspecified atom stereocenters. The summed E-state index contributed by atoms with van der Waals surface area (Å²) in [6.07, 6.45) is 0. The van der Waals surface area contributed by atoms with Crippen molar-refractivity contribution in [2.75, 3.05) is 12.5 Å². The number of para-hydroxylation sites is 1. The van der Waals surface area contributed by atoms with E-state index < -0.39 is 0 Å². The molecule has 0 aliphatic heterocycles. The lowest BCUT2D eigenvalue weighted by Crippen LogP contribution is -2.07. The number of nitrogens with zero attached hydrogens (tertiary/aromatic N) is 2. The van der Waals surface area contributed by atoms with Crippen molar-refractivity contribution < 1.29 is 14.3 Å². The molecule has 0 aliphatic rings. The molecule has 2 N–H and O–H groups in total. The first-order chi connectivity index (χ1) is 15.1. The Hall–Kier alpha value is -3.84. The van der Waals surface area contributed by atoms with Crippen LogP contribution in [-0.2, 0) is 0 Å². The van der Waals surface area contributed by atoms with Gasteiger partial charge in [0.1, 0.15) is 11.3 Å². The highest BCUT2D eigenvalue weighted by molar-refractivity contribution is 7.22. The molecule has 7 heteroatoms. The molecule has 0 spiro atoms.